The first-order valence-electron chi connectivity index (χ1n) is 4.85. The monoisotopic (exact) mass is 187 g/mol. The fourth-order valence-electron chi connectivity index (χ4n) is 1.09. The number of hydrogen-bond donors (Lipinski definition) is 1. The smallest absolute Gasteiger partial charge is 0.304 e. The van der Waals surface area contributed by atoms with Gasteiger partial charge in [0.25, 0.3) is 0 Å². The van der Waals surface area contributed by atoms with Crippen molar-refractivity contribution < 1.29 is 9.90 Å². The van der Waals surface area contributed by atoms with E-state index in [0.717, 1.165) is 13.0 Å². The van der Waals surface area contributed by atoms with Gasteiger partial charge in [-0.3, -0.25) is 4.79 Å². The first-order chi connectivity index (χ1) is 5.93. The molecule has 78 valence electrons. The van der Waals surface area contributed by atoms with E-state index in [-0.39, 0.29) is 12.5 Å². The SMILES string of the molecule is CC(C)CCN(C)C(C)CC(=O)O. The molecule has 0 aromatic rings. The average molecular weight is 187 g/mol. The van der Waals surface area contributed by atoms with Crippen molar-refractivity contribution in [1.29, 1.82) is 0 Å². The maximum atomic E-state index is 10.4. The lowest BCUT2D eigenvalue weighted by Gasteiger charge is -2.23. The van der Waals surface area contributed by atoms with Crippen LogP contribution in [0.25, 0.3) is 0 Å². The summed E-state index contributed by atoms with van der Waals surface area (Å²) in [6, 6.07) is 0.135. The molecule has 0 heterocycles. The minimum absolute atomic E-state index is 0.135. The van der Waals surface area contributed by atoms with Crippen LogP contribution in [0, 0.1) is 5.92 Å². The van der Waals surface area contributed by atoms with Gasteiger partial charge in [0.2, 0.25) is 0 Å². The van der Waals surface area contributed by atoms with Crippen LogP contribution in [0.15, 0.2) is 0 Å². The van der Waals surface area contributed by atoms with E-state index in [1.54, 1.807) is 0 Å². The molecule has 0 aromatic carbocycles. The number of nitrogens with zero attached hydrogens (tertiary/aromatic N) is 1. The van der Waals surface area contributed by atoms with Gasteiger partial charge in [0.1, 0.15) is 0 Å². The zero-order valence-corrected chi connectivity index (χ0v) is 9.08. The van der Waals surface area contributed by atoms with E-state index in [4.69, 9.17) is 5.11 Å². The fourth-order valence-corrected chi connectivity index (χ4v) is 1.09. The lowest BCUT2D eigenvalue weighted by atomic mass is 10.1. The zero-order valence-electron chi connectivity index (χ0n) is 9.08. The second-order valence-corrected chi connectivity index (χ2v) is 4.11. The summed E-state index contributed by atoms with van der Waals surface area (Å²) in [6.07, 6.45) is 1.36. The van der Waals surface area contributed by atoms with Crippen molar-refractivity contribution in [3.8, 4) is 0 Å². The van der Waals surface area contributed by atoms with E-state index in [1.165, 1.54) is 0 Å². The van der Waals surface area contributed by atoms with E-state index in [9.17, 15) is 4.79 Å². The first-order valence-corrected chi connectivity index (χ1v) is 4.85. The van der Waals surface area contributed by atoms with Crippen LogP contribution in [-0.4, -0.2) is 35.6 Å². The molecule has 0 aliphatic heterocycles. The minimum atomic E-state index is -0.719. The van der Waals surface area contributed by atoms with Gasteiger partial charge in [-0.05, 0) is 32.9 Å². The number of carboxylic acid groups (broad SMARTS) is 1. The van der Waals surface area contributed by atoms with Crippen molar-refractivity contribution >= 4 is 5.97 Å². The lowest BCUT2D eigenvalue weighted by molar-refractivity contribution is -0.138. The normalized spacial score (nSPS) is 13.7. The van der Waals surface area contributed by atoms with Crippen molar-refractivity contribution in [3.63, 3.8) is 0 Å². The number of carboxylic acids is 1. The molecule has 13 heavy (non-hydrogen) atoms. The van der Waals surface area contributed by atoms with Crippen LogP contribution >= 0.6 is 0 Å². The Morgan fingerprint density at radius 2 is 1.92 bits per heavy atom. The molecule has 0 saturated heterocycles. The molecule has 1 atom stereocenters. The highest BCUT2D eigenvalue weighted by atomic mass is 16.4. The van der Waals surface area contributed by atoms with Crippen LogP contribution < -0.4 is 0 Å². The quantitative estimate of drug-likeness (QED) is 0.689. The van der Waals surface area contributed by atoms with Crippen molar-refractivity contribution in [3.05, 3.63) is 0 Å². The third-order valence-corrected chi connectivity index (χ3v) is 2.28. The minimum Gasteiger partial charge on any atom is -0.481 e. The Bertz CT molecular complexity index is 157. The van der Waals surface area contributed by atoms with Gasteiger partial charge in [-0.1, -0.05) is 13.8 Å². The highest BCUT2D eigenvalue weighted by Gasteiger charge is 2.12. The molecule has 0 amide bonds. The van der Waals surface area contributed by atoms with Crippen LogP contribution in [0.5, 0.6) is 0 Å². The number of hydrogen-bond acceptors (Lipinski definition) is 2. The van der Waals surface area contributed by atoms with E-state index < -0.39 is 5.97 Å². The Morgan fingerprint density at radius 1 is 1.38 bits per heavy atom. The molecule has 0 spiro atoms. The molecule has 3 heteroatoms. The molecule has 0 aliphatic carbocycles. The molecule has 0 aliphatic rings. The number of carbonyl (C=O) groups is 1. The molecule has 0 fully saturated rings. The van der Waals surface area contributed by atoms with Crippen molar-refractivity contribution in [2.45, 2.75) is 39.7 Å². The lowest BCUT2D eigenvalue weighted by Crippen LogP contribution is -2.32. The molecule has 0 radical (unpaired) electrons. The fraction of sp³-hybridized carbons (Fsp3) is 0.900. The second-order valence-electron chi connectivity index (χ2n) is 4.11. The van der Waals surface area contributed by atoms with E-state index in [2.05, 4.69) is 18.7 Å². The van der Waals surface area contributed by atoms with Crippen LogP contribution in [0.1, 0.15) is 33.6 Å². The highest BCUT2D eigenvalue weighted by molar-refractivity contribution is 5.67. The molecule has 1 unspecified atom stereocenters. The van der Waals surface area contributed by atoms with Crippen LogP contribution in [0.4, 0.5) is 0 Å². The maximum Gasteiger partial charge on any atom is 0.304 e. The summed E-state index contributed by atoms with van der Waals surface area (Å²) in [5.41, 5.74) is 0. The van der Waals surface area contributed by atoms with Gasteiger partial charge in [0.05, 0.1) is 6.42 Å². The molecule has 0 bridgehead atoms. The molecule has 0 aromatic heterocycles. The predicted octanol–water partition coefficient (Wildman–Crippen LogP) is 1.83. The summed E-state index contributed by atoms with van der Waals surface area (Å²) in [4.78, 5) is 12.5. The first kappa shape index (κ1) is 12.4. The molecule has 0 saturated carbocycles. The number of rotatable bonds is 6. The summed E-state index contributed by atoms with van der Waals surface area (Å²) in [6.45, 7) is 7.28. The summed E-state index contributed by atoms with van der Waals surface area (Å²) < 4.78 is 0. The highest BCUT2D eigenvalue weighted by Crippen LogP contribution is 2.05. The Morgan fingerprint density at radius 3 is 2.31 bits per heavy atom. The van der Waals surface area contributed by atoms with E-state index in [1.807, 2.05) is 14.0 Å². The molecular formula is C10H21NO2. The van der Waals surface area contributed by atoms with Gasteiger partial charge in [0, 0.05) is 6.04 Å². The molecule has 3 nitrogen and oxygen atoms in total. The topological polar surface area (TPSA) is 40.5 Å². The maximum absolute atomic E-state index is 10.4. The molecule has 0 rings (SSSR count). The van der Waals surface area contributed by atoms with Gasteiger partial charge >= 0.3 is 5.97 Å². The van der Waals surface area contributed by atoms with Gasteiger partial charge < -0.3 is 10.0 Å². The van der Waals surface area contributed by atoms with Crippen LogP contribution in [0.2, 0.25) is 0 Å². The van der Waals surface area contributed by atoms with Gasteiger partial charge in [-0.15, -0.1) is 0 Å². The summed E-state index contributed by atoms with van der Waals surface area (Å²) in [7, 11) is 1.98. The second kappa shape index (κ2) is 5.97. The Kier molecular flexibility index (Phi) is 5.71. The van der Waals surface area contributed by atoms with Gasteiger partial charge in [-0.2, -0.15) is 0 Å². The van der Waals surface area contributed by atoms with E-state index in [0.29, 0.717) is 5.92 Å². The third kappa shape index (κ3) is 6.58. The summed E-state index contributed by atoms with van der Waals surface area (Å²) >= 11 is 0. The van der Waals surface area contributed by atoms with Crippen LogP contribution in [-0.2, 0) is 4.79 Å². The van der Waals surface area contributed by atoms with E-state index >= 15 is 0 Å². The van der Waals surface area contributed by atoms with Crippen molar-refractivity contribution in [2.75, 3.05) is 13.6 Å². The largest absolute Gasteiger partial charge is 0.481 e. The number of aliphatic carboxylic acids is 1. The summed E-state index contributed by atoms with van der Waals surface area (Å²) in [5.74, 6) is -0.0385. The molecule has 1 N–H and O–H groups in total. The van der Waals surface area contributed by atoms with Crippen molar-refractivity contribution in [1.82, 2.24) is 4.90 Å². The summed E-state index contributed by atoms with van der Waals surface area (Å²) in [5, 5.41) is 8.58. The Balaban J connectivity index is 3.68. The van der Waals surface area contributed by atoms with Gasteiger partial charge in [-0.25, -0.2) is 0 Å². The molecular weight excluding hydrogens is 166 g/mol. The van der Waals surface area contributed by atoms with Gasteiger partial charge in [0.15, 0.2) is 0 Å². The standard InChI is InChI=1S/C10H21NO2/c1-8(2)5-6-11(4)9(3)7-10(12)13/h8-9H,5-7H2,1-4H3,(H,12,13). The Hall–Kier alpha value is -0.570. The zero-order chi connectivity index (χ0) is 10.4. The van der Waals surface area contributed by atoms with Crippen LogP contribution in [0.3, 0.4) is 0 Å². The Labute approximate surface area is 80.7 Å². The average Bonchev–Trinajstić information content (AvgIpc) is 1.98. The van der Waals surface area contributed by atoms with Crippen molar-refractivity contribution in [2.24, 2.45) is 5.92 Å². The predicted molar refractivity (Wildman–Crippen MR) is 53.8 cm³/mol. The third-order valence-electron chi connectivity index (χ3n) is 2.28.